The number of nitrogens with zero attached hydrogens (tertiary/aromatic N) is 2. The number of aryl methyl sites for hydroxylation is 2. The normalized spacial score (nSPS) is 15.1. The van der Waals surface area contributed by atoms with Crippen molar-refractivity contribution < 1.29 is 38.4 Å². The molecule has 1 aliphatic rings. The summed E-state index contributed by atoms with van der Waals surface area (Å²) in [4.78, 5) is 46.3. The van der Waals surface area contributed by atoms with Crippen LogP contribution in [-0.4, -0.2) is 41.5 Å². The number of aliphatic hydroxyl groups is 1. The Morgan fingerprint density at radius 1 is 0.863 bits per heavy atom. The van der Waals surface area contributed by atoms with Crippen molar-refractivity contribution >= 4 is 39.9 Å². The number of aromatic nitrogens is 1. The number of hydrogen-bond donors (Lipinski definition) is 1. The Balaban J connectivity index is 1.38. The van der Waals surface area contributed by atoms with E-state index in [0.717, 1.165) is 28.0 Å². The summed E-state index contributed by atoms with van der Waals surface area (Å²) in [7, 11) is 1.49. The number of ketones is 1. The average molecular weight is 705 g/mol. The minimum atomic E-state index is -1.13. The molecule has 1 amide bonds. The topological polar surface area (TPSA) is 124 Å². The maximum absolute atomic E-state index is 13.8. The Bertz CT molecular complexity index is 2110. The van der Waals surface area contributed by atoms with Crippen LogP contribution in [-0.2, 0) is 27.5 Å². The zero-order valence-electron chi connectivity index (χ0n) is 28.5. The van der Waals surface area contributed by atoms with Crippen molar-refractivity contribution in [3.63, 3.8) is 0 Å². The molecular weight excluding hydrogens is 669 g/mol. The van der Waals surface area contributed by atoms with E-state index in [4.69, 9.17) is 18.9 Å². The molecule has 1 atom stereocenters. The summed E-state index contributed by atoms with van der Waals surface area (Å²) in [6.45, 7) is 6.13. The fourth-order valence-electron chi connectivity index (χ4n) is 5.76. The molecule has 5 aromatic rings. The Kier molecular flexibility index (Phi) is 10.5. The van der Waals surface area contributed by atoms with Gasteiger partial charge in [-0.1, -0.05) is 77.6 Å². The van der Waals surface area contributed by atoms with E-state index in [1.54, 1.807) is 56.3 Å². The summed E-state index contributed by atoms with van der Waals surface area (Å²) < 4.78 is 22.9. The summed E-state index contributed by atoms with van der Waals surface area (Å²) in [5, 5.41) is 11.8. The van der Waals surface area contributed by atoms with Gasteiger partial charge in [-0.05, 0) is 73.9 Å². The number of thiazole rings is 1. The van der Waals surface area contributed by atoms with Gasteiger partial charge in [-0.3, -0.25) is 14.5 Å². The molecule has 1 saturated heterocycles. The summed E-state index contributed by atoms with van der Waals surface area (Å²) in [6.07, 6.45) is 0. The smallest absolute Gasteiger partial charge is 0.350 e. The predicted molar refractivity (Wildman–Crippen MR) is 193 cm³/mol. The Morgan fingerprint density at radius 2 is 1.59 bits per heavy atom. The van der Waals surface area contributed by atoms with Gasteiger partial charge in [-0.25, -0.2) is 9.78 Å². The molecule has 0 radical (unpaired) electrons. The first-order chi connectivity index (χ1) is 24.7. The molecule has 51 heavy (non-hydrogen) atoms. The van der Waals surface area contributed by atoms with Gasteiger partial charge < -0.3 is 24.1 Å². The average Bonchev–Trinajstić information content (AvgIpc) is 3.65. The number of aliphatic hydroxyl groups excluding tert-OH is 1. The van der Waals surface area contributed by atoms with E-state index in [0.29, 0.717) is 40.7 Å². The highest BCUT2D eigenvalue weighted by molar-refractivity contribution is 7.17. The molecule has 0 bridgehead atoms. The van der Waals surface area contributed by atoms with Crippen molar-refractivity contribution in [2.24, 2.45) is 0 Å². The first-order valence-corrected chi connectivity index (χ1v) is 17.1. The molecule has 0 saturated carbocycles. The summed E-state index contributed by atoms with van der Waals surface area (Å²) >= 11 is 0.934. The van der Waals surface area contributed by atoms with Gasteiger partial charge in [0.2, 0.25) is 0 Å². The Labute approximate surface area is 299 Å². The van der Waals surface area contributed by atoms with Crippen LogP contribution in [0.15, 0.2) is 103 Å². The minimum Gasteiger partial charge on any atom is -0.507 e. The monoisotopic (exact) mass is 704 g/mol. The van der Waals surface area contributed by atoms with Crippen LogP contribution in [0.1, 0.15) is 56.1 Å². The second kappa shape index (κ2) is 15.3. The largest absolute Gasteiger partial charge is 0.507 e. The van der Waals surface area contributed by atoms with Crippen molar-refractivity contribution in [1.29, 1.82) is 0 Å². The highest BCUT2D eigenvalue weighted by Crippen LogP contribution is 2.45. The number of esters is 1. The van der Waals surface area contributed by atoms with E-state index in [1.807, 2.05) is 61.5 Å². The Morgan fingerprint density at radius 3 is 2.29 bits per heavy atom. The lowest BCUT2D eigenvalue weighted by atomic mass is 9.95. The first kappa shape index (κ1) is 34.9. The molecular formula is C40H36N2O8S. The van der Waals surface area contributed by atoms with Gasteiger partial charge in [0.1, 0.15) is 29.6 Å². The highest BCUT2D eigenvalue weighted by atomic mass is 32.1. The van der Waals surface area contributed by atoms with E-state index in [2.05, 4.69) is 4.98 Å². The third kappa shape index (κ3) is 7.48. The maximum Gasteiger partial charge on any atom is 0.350 e. The number of carbonyl (C=O) groups is 3. The van der Waals surface area contributed by atoms with Gasteiger partial charge in [0, 0.05) is 5.56 Å². The lowest BCUT2D eigenvalue weighted by molar-refractivity contribution is -0.132. The fourth-order valence-corrected chi connectivity index (χ4v) is 6.75. The van der Waals surface area contributed by atoms with Crippen LogP contribution in [0, 0.1) is 13.8 Å². The van der Waals surface area contributed by atoms with Crippen molar-refractivity contribution in [3.05, 3.63) is 141 Å². The van der Waals surface area contributed by atoms with Gasteiger partial charge in [-0.15, -0.1) is 0 Å². The molecule has 1 aliphatic heterocycles. The molecule has 1 aromatic heterocycles. The number of methoxy groups -OCH3 is 1. The first-order valence-electron chi connectivity index (χ1n) is 16.3. The van der Waals surface area contributed by atoms with E-state index >= 15 is 0 Å². The van der Waals surface area contributed by atoms with Crippen molar-refractivity contribution in [1.82, 2.24) is 4.98 Å². The molecule has 6 rings (SSSR count). The van der Waals surface area contributed by atoms with E-state index in [9.17, 15) is 19.5 Å². The summed E-state index contributed by atoms with van der Waals surface area (Å²) in [5.41, 5.74) is 4.04. The molecule has 1 N–H and O–H groups in total. The molecule has 1 fully saturated rings. The van der Waals surface area contributed by atoms with E-state index in [1.165, 1.54) is 12.0 Å². The number of Topliss-reactive ketones (excluding diaryl/α,β-unsaturated/α-hetero) is 1. The van der Waals surface area contributed by atoms with Crippen LogP contribution < -0.4 is 19.1 Å². The van der Waals surface area contributed by atoms with Gasteiger partial charge in [0.05, 0.1) is 31.0 Å². The van der Waals surface area contributed by atoms with Crippen molar-refractivity contribution in [2.75, 3.05) is 18.6 Å². The van der Waals surface area contributed by atoms with Crippen LogP contribution in [0.3, 0.4) is 0 Å². The van der Waals surface area contributed by atoms with Crippen LogP contribution in [0.4, 0.5) is 5.13 Å². The molecule has 2 heterocycles. The molecule has 0 aliphatic carbocycles. The number of anilines is 1. The standard InChI is InChI=1S/C40H36N2O8S/c1-5-48-39(46)37-25(3)41-40(51-37)42-34(29-16-19-31(32(21-29)47-4)50-22-26-11-7-6-8-12-26)33(36(44)38(42)45)35(43)28-14-17-30(18-15-28)49-23-27-13-9-10-24(2)20-27/h6-21,34,43H,5,22-23H2,1-4H3/b35-33+. The zero-order valence-corrected chi connectivity index (χ0v) is 29.4. The second-order valence-corrected chi connectivity index (χ2v) is 12.8. The summed E-state index contributed by atoms with van der Waals surface area (Å²) in [6, 6.07) is 28.2. The Hall–Kier alpha value is -5.94. The van der Waals surface area contributed by atoms with E-state index in [-0.39, 0.29) is 34.6 Å². The number of benzene rings is 4. The van der Waals surface area contributed by atoms with Crippen LogP contribution in [0.25, 0.3) is 5.76 Å². The number of carbonyl (C=O) groups excluding carboxylic acids is 3. The van der Waals surface area contributed by atoms with Crippen molar-refractivity contribution in [2.45, 2.75) is 40.0 Å². The fraction of sp³-hybridized carbons (Fsp3) is 0.200. The number of ether oxygens (including phenoxy) is 4. The predicted octanol–water partition coefficient (Wildman–Crippen LogP) is 7.73. The van der Waals surface area contributed by atoms with Crippen LogP contribution in [0.2, 0.25) is 0 Å². The maximum atomic E-state index is 13.8. The molecule has 11 heteroatoms. The van der Waals surface area contributed by atoms with Gasteiger partial charge in [-0.2, -0.15) is 0 Å². The van der Waals surface area contributed by atoms with Gasteiger partial charge >= 0.3 is 11.9 Å². The summed E-state index contributed by atoms with van der Waals surface area (Å²) in [5.74, 6) is -1.43. The third-order valence-electron chi connectivity index (χ3n) is 8.25. The second-order valence-electron chi connectivity index (χ2n) is 11.8. The zero-order chi connectivity index (χ0) is 36.1. The number of amides is 1. The molecule has 1 unspecified atom stereocenters. The van der Waals surface area contributed by atoms with Gasteiger partial charge in [0.25, 0.3) is 5.78 Å². The van der Waals surface area contributed by atoms with Crippen LogP contribution >= 0.6 is 11.3 Å². The molecule has 260 valence electrons. The van der Waals surface area contributed by atoms with Gasteiger partial charge in [0.15, 0.2) is 16.6 Å². The quantitative estimate of drug-likeness (QED) is 0.0601. The molecule has 4 aromatic carbocycles. The minimum absolute atomic E-state index is 0.102. The number of hydrogen-bond acceptors (Lipinski definition) is 10. The molecule has 0 spiro atoms. The lowest BCUT2D eigenvalue weighted by Crippen LogP contribution is -2.29. The lowest BCUT2D eigenvalue weighted by Gasteiger charge is -2.24. The molecule has 10 nitrogen and oxygen atoms in total. The van der Waals surface area contributed by atoms with Crippen LogP contribution in [0.5, 0.6) is 17.2 Å². The van der Waals surface area contributed by atoms with Crippen molar-refractivity contribution in [3.8, 4) is 17.2 Å². The number of rotatable bonds is 12. The third-order valence-corrected chi connectivity index (χ3v) is 9.39. The SMILES string of the molecule is CCOC(=O)c1sc(N2C(=O)C(=O)/C(=C(/O)c3ccc(OCc4cccc(C)c4)cc3)C2c2ccc(OCc3ccccc3)c(OC)c2)nc1C. The van der Waals surface area contributed by atoms with E-state index < -0.39 is 23.7 Å². The highest BCUT2D eigenvalue weighted by Gasteiger charge is 2.48.